The van der Waals surface area contributed by atoms with E-state index in [-0.39, 0.29) is 13.1 Å². The molecule has 0 aliphatic carbocycles. The molecule has 12 heavy (non-hydrogen) atoms. The van der Waals surface area contributed by atoms with Crippen LogP contribution in [0.1, 0.15) is 7.43 Å². The summed E-state index contributed by atoms with van der Waals surface area (Å²) >= 11 is 1.46. The highest BCUT2D eigenvalue weighted by Gasteiger charge is 2.03. The smallest absolute Gasteiger partial charge is 0.258 e. The monoisotopic (exact) mass is 186 g/mol. The molecule has 0 saturated heterocycles. The zero-order valence-corrected chi connectivity index (χ0v) is 6.67. The molecule has 1 aromatic rings. The van der Waals surface area contributed by atoms with Gasteiger partial charge in [0, 0.05) is 6.07 Å². The normalized spacial score (nSPS) is 8.75. The lowest BCUT2D eigenvalue weighted by molar-refractivity contribution is -0.385. The Bertz CT molecular complexity index is 261. The molecule has 0 N–H and O–H groups in total. The molecule has 0 atom stereocenters. The highest BCUT2D eigenvalue weighted by molar-refractivity contribution is 7.98. The summed E-state index contributed by atoms with van der Waals surface area (Å²) in [4.78, 5) is 13.5. The second-order valence-electron chi connectivity index (χ2n) is 1.82. The minimum Gasteiger partial charge on any atom is -0.258 e. The average Bonchev–Trinajstić information content (AvgIpc) is 2.05. The Kier molecular flexibility index (Phi) is 4.28. The molecule has 1 heterocycles. The Balaban J connectivity index is 0.00000121. The Morgan fingerprint density at radius 1 is 1.58 bits per heavy atom. The van der Waals surface area contributed by atoms with Gasteiger partial charge in [0.25, 0.3) is 5.69 Å². The van der Waals surface area contributed by atoms with Crippen molar-refractivity contribution in [1.29, 1.82) is 0 Å². The van der Waals surface area contributed by atoms with Crippen molar-refractivity contribution in [3.63, 3.8) is 0 Å². The van der Waals surface area contributed by atoms with E-state index in [1.807, 2.05) is 6.26 Å². The second kappa shape index (κ2) is 4.71. The van der Waals surface area contributed by atoms with Crippen LogP contribution in [0.3, 0.4) is 0 Å². The van der Waals surface area contributed by atoms with Gasteiger partial charge in [-0.05, 0) is 12.3 Å². The predicted octanol–water partition coefficient (Wildman–Crippen LogP) is 2.35. The summed E-state index contributed by atoms with van der Waals surface area (Å²) in [6.07, 6.45) is 3.12. The SMILES string of the molecule is C.CSc1ccc([N+](=O)[O-])cn1. The van der Waals surface area contributed by atoms with Crippen LogP contribution in [0.5, 0.6) is 0 Å². The first-order valence-electron chi connectivity index (χ1n) is 2.88. The third-order valence-electron chi connectivity index (χ3n) is 1.14. The number of hydrogen-bond donors (Lipinski definition) is 0. The highest BCUT2D eigenvalue weighted by atomic mass is 32.2. The van der Waals surface area contributed by atoms with E-state index < -0.39 is 4.92 Å². The van der Waals surface area contributed by atoms with E-state index >= 15 is 0 Å². The number of pyridine rings is 1. The maximum Gasteiger partial charge on any atom is 0.287 e. The average molecular weight is 186 g/mol. The van der Waals surface area contributed by atoms with Crippen LogP contribution in [-0.4, -0.2) is 16.2 Å². The quantitative estimate of drug-likeness (QED) is 0.404. The van der Waals surface area contributed by atoms with Crippen LogP contribution in [0.25, 0.3) is 0 Å². The molecular formula is C7H10N2O2S. The van der Waals surface area contributed by atoms with E-state index in [9.17, 15) is 10.1 Å². The summed E-state index contributed by atoms with van der Waals surface area (Å²) in [6.45, 7) is 0. The second-order valence-corrected chi connectivity index (χ2v) is 2.64. The lowest BCUT2D eigenvalue weighted by Gasteiger charge is -1.92. The summed E-state index contributed by atoms with van der Waals surface area (Å²) in [7, 11) is 0. The predicted molar refractivity (Wildman–Crippen MR) is 49.4 cm³/mol. The fraction of sp³-hybridized carbons (Fsp3) is 0.286. The van der Waals surface area contributed by atoms with E-state index in [0.29, 0.717) is 0 Å². The molecule has 0 amide bonds. The van der Waals surface area contributed by atoms with Gasteiger partial charge in [0.2, 0.25) is 0 Å². The van der Waals surface area contributed by atoms with Gasteiger partial charge < -0.3 is 0 Å². The Morgan fingerprint density at radius 3 is 2.58 bits per heavy atom. The molecular weight excluding hydrogens is 176 g/mol. The summed E-state index contributed by atoms with van der Waals surface area (Å²) in [5, 5.41) is 10.9. The molecule has 0 aromatic carbocycles. The minimum absolute atomic E-state index is 0. The fourth-order valence-corrected chi connectivity index (χ4v) is 0.963. The van der Waals surface area contributed by atoms with Crippen LogP contribution >= 0.6 is 11.8 Å². The van der Waals surface area contributed by atoms with Gasteiger partial charge in [-0.25, -0.2) is 4.98 Å². The molecule has 0 aliphatic heterocycles. The van der Waals surface area contributed by atoms with Gasteiger partial charge >= 0.3 is 0 Å². The largest absolute Gasteiger partial charge is 0.287 e. The standard InChI is InChI=1S/C6H6N2O2S.CH4/c1-11-6-3-2-5(4-7-6)8(9)10;/h2-4H,1H3;1H4. The summed E-state index contributed by atoms with van der Waals surface area (Å²) in [6, 6.07) is 3.07. The van der Waals surface area contributed by atoms with Crippen LogP contribution in [0.4, 0.5) is 5.69 Å². The molecule has 0 unspecified atom stereocenters. The van der Waals surface area contributed by atoms with Crippen LogP contribution in [0, 0.1) is 10.1 Å². The molecule has 0 radical (unpaired) electrons. The lowest BCUT2D eigenvalue weighted by Crippen LogP contribution is -1.88. The van der Waals surface area contributed by atoms with Crippen molar-refractivity contribution < 1.29 is 4.92 Å². The van der Waals surface area contributed by atoms with Crippen molar-refractivity contribution in [3.05, 3.63) is 28.4 Å². The van der Waals surface area contributed by atoms with Gasteiger partial charge in [0.05, 0.1) is 9.95 Å². The molecule has 0 aliphatic rings. The molecule has 4 nitrogen and oxygen atoms in total. The van der Waals surface area contributed by atoms with Crippen molar-refractivity contribution >= 4 is 17.4 Å². The number of hydrogen-bond acceptors (Lipinski definition) is 4. The molecule has 0 spiro atoms. The van der Waals surface area contributed by atoms with E-state index in [2.05, 4.69) is 4.98 Å². The van der Waals surface area contributed by atoms with Crippen molar-refractivity contribution in [1.82, 2.24) is 4.98 Å². The number of nitro groups is 1. The first-order valence-corrected chi connectivity index (χ1v) is 4.11. The molecule has 5 heteroatoms. The molecule has 0 bridgehead atoms. The number of nitrogens with zero attached hydrogens (tertiary/aromatic N) is 2. The van der Waals surface area contributed by atoms with Crippen LogP contribution in [0.15, 0.2) is 23.4 Å². The first-order chi connectivity index (χ1) is 5.24. The number of rotatable bonds is 2. The lowest BCUT2D eigenvalue weighted by atomic mass is 10.4. The molecule has 0 saturated carbocycles. The van der Waals surface area contributed by atoms with Gasteiger partial charge in [-0.1, -0.05) is 7.43 Å². The fourth-order valence-electron chi connectivity index (χ4n) is 0.601. The van der Waals surface area contributed by atoms with Crippen molar-refractivity contribution in [3.8, 4) is 0 Å². The summed E-state index contributed by atoms with van der Waals surface area (Å²) < 4.78 is 0. The van der Waals surface area contributed by atoms with Gasteiger partial charge in [-0.3, -0.25) is 10.1 Å². The summed E-state index contributed by atoms with van der Waals surface area (Å²) in [5.74, 6) is 0. The highest BCUT2D eigenvalue weighted by Crippen LogP contribution is 2.14. The molecule has 66 valence electrons. The molecule has 1 rings (SSSR count). The maximum atomic E-state index is 10.2. The summed E-state index contributed by atoms with van der Waals surface area (Å²) in [5.41, 5.74) is 0.0304. The zero-order chi connectivity index (χ0) is 8.27. The molecule has 0 fully saturated rings. The maximum absolute atomic E-state index is 10.2. The molecule has 1 aromatic heterocycles. The first kappa shape index (κ1) is 10.9. The van der Waals surface area contributed by atoms with Gasteiger partial charge in [0.15, 0.2) is 0 Å². The van der Waals surface area contributed by atoms with Crippen molar-refractivity contribution in [2.45, 2.75) is 12.5 Å². The third-order valence-corrected chi connectivity index (χ3v) is 1.80. The van der Waals surface area contributed by atoms with E-state index in [0.717, 1.165) is 5.03 Å². The van der Waals surface area contributed by atoms with Gasteiger partial charge in [-0.15, -0.1) is 11.8 Å². The number of aromatic nitrogens is 1. The van der Waals surface area contributed by atoms with Gasteiger partial charge in [-0.2, -0.15) is 0 Å². The topological polar surface area (TPSA) is 56.0 Å². The van der Waals surface area contributed by atoms with Crippen molar-refractivity contribution in [2.24, 2.45) is 0 Å². The Morgan fingerprint density at radius 2 is 2.25 bits per heavy atom. The van der Waals surface area contributed by atoms with Crippen molar-refractivity contribution in [2.75, 3.05) is 6.26 Å². The van der Waals surface area contributed by atoms with Gasteiger partial charge in [0.1, 0.15) is 6.20 Å². The number of thioether (sulfide) groups is 1. The van der Waals surface area contributed by atoms with E-state index in [4.69, 9.17) is 0 Å². The van der Waals surface area contributed by atoms with Crippen LogP contribution < -0.4 is 0 Å². The van der Waals surface area contributed by atoms with Crippen LogP contribution in [-0.2, 0) is 0 Å². The van der Waals surface area contributed by atoms with Crippen LogP contribution in [0.2, 0.25) is 0 Å². The van der Waals surface area contributed by atoms with E-state index in [1.165, 1.54) is 24.0 Å². The third kappa shape index (κ3) is 2.50. The zero-order valence-electron chi connectivity index (χ0n) is 5.85. The Labute approximate surface area is 75.2 Å². The minimum atomic E-state index is -0.461. The van der Waals surface area contributed by atoms with E-state index in [1.54, 1.807) is 6.07 Å². The Hall–Kier alpha value is -1.10.